The topological polar surface area (TPSA) is 87.8 Å². The zero-order chi connectivity index (χ0) is 16.1. The monoisotopic (exact) mass is 318 g/mol. The van der Waals surface area contributed by atoms with Gasteiger partial charge in [-0.25, -0.2) is 8.42 Å². The Balaban J connectivity index is 2.37. The van der Waals surface area contributed by atoms with Gasteiger partial charge < -0.3 is 11.1 Å². The molecule has 6 nitrogen and oxygen atoms in total. The van der Waals surface area contributed by atoms with Gasteiger partial charge in [-0.15, -0.1) is 0 Å². The Bertz CT molecular complexity index is 454. The van der Waals surface area contributed by atoms with Crippen LogP contribution in [0.4, 0.5) is 0 Å². The molecule has 0 radical (unpaired) electrons. The maximum absolute atomic E-state index is 12.0. The molecule has 124 valence electrons. The van der Waals surface area contributed by atoms with Gasteiger partial charge in [0, 0.05) is 12.6 Å². The second-order valence-electron chi connectivity index (χ2n) is 6.51. The van der Waals surface area contributed by atoms with Gasteiger partial charge in [-0.2, -0.15) is 0 Å². The minimum absolute atomic E-state index is 0.0667. The van der Waals surface area contributed by atoms with Gasteiger partial charge in [-0.1, -0.05) is 6.92 Å². The first-order chi connectivity index (χ1) is 9.67. The second kappa shape index (κ2) is 7.45. The molecule has 0 aromatic rings. The van der Waals surface area contributed by atoms with Crippen molar-refractivity contribution in [3.63, 3.8) is 0 Å². The lowest BCUT2D eigenvalue weighted by Crippen LogP contribution is -2.40. The highest BCUT2D eigenvalue weighted by Crippen LogP contribution is 2.16. The zero-order valence-corrected chi connectivity index (χ0v) is 14.5. The number of aliphatic imine (C=N–C) groups is 1. The van der Waals surface area contributed by atoms with Gasteiger partial charge in [-0.05, 0) is 46.7 Å². The number of sulfone groups is 1. The van der Waals surface area contributed by atoms with Crippen LogP contribution < -0.4 is 11.1 Å². The van der Waals surface area contributed by atoms with Crippen LogP contribution in [0.15, 0.2) is 4.99 Å². The van der Waals surface area contributed by atoms with Crippen molar-refractivity contribution >= 4 is 15.8 Å². The predicted molar refractivity (Wildman–Crippen MR) is 88.3 cm³/mol. The molecular weight excluding hydrogens is 288 g/mol. The first kappa shape index (κ1) is 18.2. The number of likely N-dealkylation sites (N-methyl/N-ethyl adjacent to an activating group) is 1. The molecule has 3 N–H and O–H groups in total. The lowest BCUT2D eigenvalue weighted by molar-refractivity contribution is 0.273. The van der Waals surface area contributed by atoms with Crippen LogP contribution in [0.3, 0.4) is 0 Å². The van der Waals surface area contributed by atoms with E-state index in [0.717, 1.165) is 19.5 Å². The van der Waals surface area contributed by atoms with Crippen molar-refractivity contribution in [3.05, 3.63) is 0 Å². The highest BCUT2D eigenvalue weighted by atomic mass is 32.2. The summed E-state index contributed by atoms with van der Waals surface area (Å²) < 4.78 is 23.2. The van der Waals surface area contributed by atoms with Crippen LogP contribution in [0.25, 0.3) is 0 Å². The van der Waals surface area contributed by atoms with Crippen molar-refractivity contribution < 1.29 is 8.42 Å². The molecule has 7 heteroatoms. The molecule has 1 aliphatic rings. The van der Waals surface area contributed by atoms with E-state index in [2.05, 4.69) is 22.1 Å². The molecule has 1 atom stereocenters. The van der Waals surface area contributed by atoms with Crippen LogP contribution in [0, 0.1) is 0 Å². The number of rotatable bonds is 6. The highest BCUT2D eigenvalue weighted by Gasteiger charge is 2.28. The molecule has 0 aliphatic carbocycles. The molecule has 1 aliphatic heterocycles. The Labute approximate surface area is 129 Å². The summed E-state index contributed by atoms with van der Waals surface area (Å²) >= 11 is 0. The van der Waals surface area contributed by atoms with E-state index >= 15 is 0 Å². The largest absolute Gasteiger partial charge is 0.370 e. The zero-order valence-electron chi connectivity index (χ0n) is 13.7. The average Bonchev–Trinajstić information content (AvgIpc) is 2.82. The molecular formula is C14H30N4O2S. The van der Waals surface area contributed by atoms with Crippen molar-refractivity contribution in [2.45, 2.75) is 51.3 Å². The fourth-order valence-corrected chi connectivity index (χ4v) is 3.38. The first-order valence-corrected chi connectivity index (χ1v) is 9.32. The van der Waals surface area contributed by atoms with Crippen LogP contribution >= 0.6 is 0 Å². The van der Waals surface area contributed by atoms with Crippen LogP contribution in [0.1, 0.15) is 40.5 Å². The Morgan fingerprint density at radius 1 is 1.43 bits per heavy atom. The SMILES string of the molecule is CCN1CCCC1CN=C(N)NCCS(=O)(=O)C(C)(C)C. The van der Waals surface area contributed by atoms with Gasteiger partial charge in [0.25, 0.3) is 0 Å². The summed E-state index contributed by atoms with van der Waals surface area (Å²) in [5.41, 5.74) is 5.80. The average molecular weight is 318 g/mol. The number of hydrogen-bond donors (Lipinski definition) is 2. The van der Waals surface area contributed by atoms with Crippen molar-refractivity contribution in [2.75, 3.05) is 31.9 Å². The highest BCUT2D eigenvalue weighted by molar-refractivity contribution is 7.92. The molecule has 1 heterocycles. The normalized spacial score (nSPS) is 21.7. The molecule has 1 saturated heterocycles. The fraction of sp³-hybridized carbons (Fsp3) is 0.929. The van der Waals surface area contributed by atoms with E-state index in [1.807, 2.05) is 0 Å². The summed E-state index contributed by atoms with van der Waals surface area (Å²) in [5.74, 6) is 0.402. The number of likely N-dealkylation sites (tertiary alicyclic amines) is 1. The van der Waals surface area contributed by atoms with Crippen molar-refractivity contribution in [1.29, 1.82) is 0 Å². The molecule has 1 unspecified atom stereocenters. The lowest BCUT2D eigenvalue weighted by atomic mass is 10.2. The van der Waals surface area contributed by atoms with E-state index in [1.54, 1.807) is 20.8 Å². The molecule has 1 rings (SSSR count). The summed E-state index contributed by atoms with van der Waals surface area (Å²) in [6.07, 6.45) is 2.37. The van der Waals surface area contributed by atoms with Gasteiger partial charge in [0.15, 0.2) is 15.8 Å². The van der Waals surface area contributed by atoms with Crippen LogP contribution in [0.2, 0.25) is 0 Å². The molecule has 0 amide bonds. The Hall–Kier alpha value is -0.820. The van der Waals surface area contributed by atoms with Crippen LogP contribution in [-0.2, 0) is 9.84 Å². The van der Waals surface area contributed by atoms with Gasteiger partial charge in [0.2, 0.25) is 0 Å². The molecule has 0 saturated carbocycles. The summed E-state index contributed by atoms with van der Waals surface area (Å²) in [6, 6.07) is 0.466. The maximum Gasteiger partial charge on any atom is 0.188 e. The molecule has 21 heavy (non-hydrogen) atoms. The van der Waals surface area contributed by atoms with Crippen molar-refractivity contribution in [2.24, 2.45) is 10.7 Å². The summed E-state index contributed by atoms with van der Waals surface area (Å²) in [4.78, 5) is 6.74. The van der Waals surface area contributed by atoms with E-state index in [1.165, 1.54) is 6.42 Å². The van der Waals surface area contributed by atoms with Crippen LogP contribution in [0.5, 0.6) is 0 Å². The third-order valence-corrected chi connectivity index (χ3v) is 6.60. The summed E-state index contributed by atoms with van der Waals surface area (Å²) in [7, 11) is -3.12. The van der Waals surface area contributed by atoms with Crippen molar-refractivity contribution in [1.82, 2.24) is 10.2 Å². The van der Waals surface area contributed by atoms with Gasteiger partial charge in [0.1, 0.15) is 0 Å². The summed E-state index contributed by atoms with van der Waals surface area (Å²) in [5, 5.41) is 2.90. The van der Waals surface area contributed by atoms with Gasteiger partial charge >= 0.3 is 0 Å². The number of nitrogens with two attached hydrogens (primary N) is 1. The summed E-state index contributed by atoms with van der Waals surface area (Å²) in [6.45, 7) is 10.4. The minimum atomic E-state index is -3.12. The van der Waals surface area contributed by atoms with E-state index in [0.29, 0.717) is 25.1 Å². The first-order valence-electron chi connectivity index (χ1n) is 7.67. The van der Waals surface area contributed by atoms with Gasteiger partial charge in [0.05, 0.1) is 17.0 Å². The van der Waals surface area contributed by atoms with E-state index in [9.17, 15) is 8.42 Å². The Morgan fingerprint density at radius 2 is 2.10 bits per heavy atom. The molecule has 1 fully saturated rings. The minimum Gasteiger partial charge on any atom is -0.370 e. The Kier molecular flexibility index (Phi) is 6.46. The molecule has 0 aromatic heterocycles. The second-order valence-corrected chi connectivity index (χ2v) is 9.37. The number of hydrogen-bond acceptors (Lipinski definition) is 4. The maximum atomic E-state index is 12.0. The van der Waals surface area contributed by atoms with E-state index in [4.69, 9.17) is 5.73 Å². The van der Waals surface area contributed by atoms with E-state index < -0.39 is 14.6 Å². The fourth-order valence-electron chi connectivity index (χ4n) is 2.40. The standard InChI is InChI=1S/C14H30N4O2S/c1-5-18-9-6-7-12(18)11-17-13(15)16-8-10-21(19,20)14(2,3)4/h12H,5-11H2,1-4H3,(H3,15,16,17). The van der Waals surface area contributed by atoms with Gasteiger partial charge in [-0.3, -0.25) is 9.89 Å². The lowest BCUT2D eigenvalue weighted by Gasteiger charge is -2.21. The number of nitrogens with one attached hydrogen (secondary N) is 1. The molecule has 0 aromatic carbocycles. The quantitative estimate of drug-likeness (QED) is 0.553. The predicted octanol–water partition coefficient (Wildman–Crippen LogP) is 0.588. The third kappa shape index (κ3) is 5.47. The van der Waals surface area contributed by atoms with Crippen LogP contribution in [-0.4, -0.2) is 62.0 Å². The number of guanidine groups is 1. The van der Waals surface area contributed by atoms with E-state index in [-0.39, 0.29) is 5.75 Å². The molecule has 0 bridgehead atoms. The Morgan fingerprint density at radius 3 is 2.67 bits per heavy atom. The molecule has 0 spiro atoms. The smallest absolute Gasteiger partial charge is 0.188 e. The number of nitrogens with zero attached hydrogens (tertiary/aromatic N) is 2. The third-order valence-electron chi connectivity index (χ3n) is 3.99. The van der Waals surface area contributed by atoms with Crippen molar-refractivity contribution in [3.8, 4) is 0 Å².